The fourth-order valence-corrected chi connectivity index (χ4v) is 3.65. The van der Waals surface area contributed by atoms with Crippen LogP contribution < -0.4 is 4.74 Å². The van der Waals surface area contributed by atoms with Crippen LogP contribution in [0.1, 0.15) is 13.3 Å². The van der Waals surface area contributed by atoms with Gasteiger partial charge in [0.25, 0.3) is 9.05 Å². The summed E-state index contributed by atoms with van der Waals surface area (Å²) in [7, 11) is 1.52. The maximum atomic E-state index is 11.2. The van der Waals surface area contributed by atoms with Gasteiger partial charge in [-0.05, 0) is 50.9 Å². The lowest BCUT2D eigenvalue weighted by Gasteiger charge is -2.11. The Bertz CT molecular complexity index is 547. The molecule has 0 aliphatic carbocycles. The van der Waals surface area contributed by atoms with Crippen molar-refractivity contribution in [2.75, 3.05) is 6.61 Å². The molecule has 18 heavy (non-hydrogen) atoms. The normalized spacial score (nSPS) is 11.3. The second-order valence-corrected chi connectivity index (χ2v) is 7.98. The van der Waals surface area contributed by atoms with Crippen molar-refractivity contribution in [1.29, 1.82) is 0 Å². The second kappa shape index (κ2) is 6.41. The highest BCUT2D eigenvalue weighted by atomic mass is 79.9. The SMILES string of the molecule is C=C(C)CCOc1c(Br)cc(S(=O)(=O)Cl)cc1Br. The molecule has 0 unspecified atom stereocenters. The highest BCUT2D eigenvalue weighted by molar-refractivity contribution is 9.11. The average molecular weight is 419 g/mol. The Hall–Kier alpha value is -0.0400. The van der Waals surface area contributed by atoms with Crippen LogP contribution >= 0.6 is 42.5 Å². The van der Waals surface area contributed by atoms with Crippen molar-refractivity contribution in [2.24, 2.45) is 0 Å². The van der Waals surface area contributed by atoms with Gasteiger partial charge in [0.05, 0.1) is 20.4 Å². The van der Waals surface area contributed by atoms with Crippen molar-refractivity contribution < 1.29 is 13.2 Å². The molecule has 0 N–H and O–H groups in total. The van der Waals surface area contributed by atoms with Crippen LogP contribution in [-0.4, -0.2) is 15.0 Å². The van der Waals surface area contributed by atoms with Crippen LogP contribution in [0.3, 0.4) is 0 Å². The largest absolute Gasteiger partial charge is 0.491 e. The van der Waals surface area contributed by atoms with E-state index in [4.69, 9.17) is 15.4 Å². The van der Waals surface area contributed by atoms with Gasteiger partial charge in [0.2, 0.25) is 0 Å². The van der Waals surface area contributed by atoms with Crippen molar-refractivity contribution in [3.63, 3.8) is 0 Å². The Morgan fingerprint density at radius 1 is 1.39 bits per heavy atom. The molecule has 0 radical (unpaired) electrons. The summed E-state index contributed by atoms with van der Waals surface area (Å²) in [6, 6.07) is 2.81. The van der Waals surface area contributed by atoms with E-state index < -0.39 is 9.05 Å². The Kier molecular flexibility index (Phi) is 5.70. The third-order valence-electron chi connectivity index (χ3n) is 2.03. The number of ether oxygens (including phenoxy) is 1. The molecule has 0 atom stereocenters. The lowest BCUT2D eigenvalue weighted by Crippen LogP contribution is -2.00. The summed E-state index contributed by atoms with van der Waals surface area (Å²) in [4.78, 5) is 0.00941. The van der Waals surface area contributed by atoms with Crippen LogP contribution in [0.25, 0.3) is 0 Å². The summed E-state index contributed by atoms with van der Waals surface area (Å²) in [6.45, 7) is 6.16. The first kappa shape index (κ1) is 16.0. The van der Waals surface area contributed by atoms with Crippen LogP contribution in [0.2, 0.25) is 0 Å². The topological polar surface area (TPSA) is 43.4 Å². The Morgan fingerprint density at radius 3 is 2.28 bits per heavy atom. The lowest BCUT2D eigenvalue weighted by molar-refractivity contribution is 0.317. The first-order chi connectivity index (χ1) is 8.21. The third-order valence-corrected chi connectivity index (χ3v) is 4.54. The van der Waals surface area contributed by atoms with Gasteiger partial charge in [-0.1, -0.05) is 5.57 Å². The smallest absolute Gasteiger partial charge is 0.261 e. The minimum absolute atomic E-state index is 0.00941. The maximum absolute atomic E-state index is 11.2. The zero-order valence-corrected chi connectivity index (χ0v) is 14.3. The van der Waals surface area contributed by atoms with Gasteiger partial charge in [-0.25, -0.2) is 8.42 Å². The van der Waals surface area contributed by atoms with E-state index in [1.54, 1.807) is 0 Å². The predicted octanol–water partition coefficient (Wildman–Crippen LogP) is 4.48. The molecule has 100 valence electrons. The molecule has 1 aromatic carbocycles. The predicted molar refractivity (Wildman–Crippen MR) is 79.8 cm³/mol. The van der Waals surface area contributed by atoms with Crippen LogP contribution in [-0.2, 0) is 9.05 Å². The van der Waals surface area contributed by atoms with Crippen molar-refractivity contribution >= 4 is 51.6 Å². The number of halogens is 3. The number of benzene rings is 1. The summed E-state index contributed by atoms with van der Waals surface area (Å²) in [5, 5.41) is 0. The molecule has 0 aromatic heterocycles. The number of hydrogen-bond acceptors (Lipinski definition) is 3. The maximum Gasteiger partial charge on any atom is 0.261 e. The van der Waals surface area contributed by atoms with Crippen LogP contribution in [0.5, 0.6) is 5.75 Å². The molecule has 1 rings (SSSR count). The van der Waals surface area contributed by atoms with Crippen LogP contribution in [0, 0.1) is 0 Å². The van der Waals surface area contributed by atoms with Crippen LogP contribution in [0.4, 0.5) is 0 Å². The number of rotatable bonds is 5. The van der Waals surface area contributed by atoms with E-state index in [9.17, 15) is 8.42 Å². The van der Waals surface area contributed by atoms with Gasteiger partial charge in [0.15, 0.2) is 0 Å². The van der Waals surface area contributed by atoms with E-state index in [1.807, 2.05) is 6.92 Å². The lowest BCUT2D eigenvalue weighted by atomic mass is 10.2. The Balaban J connectivity index is 2.99. The molecule has 0 amide bonds. The van der Waals surface area contributed by atoms with Gasteiger partial charge >= 0.3 is 0 Å². The van der Waals surface area contributed by atoms with Gasteiger partial charge in [-0.2, -0.15) is 0 Å². The molecule has 0 saturated heterocycles. The molecule has 0 spiro atoms. The Labute approximate surface area is 128 Å². The summed E-state index contributed by atoms with van der Waals surface area (Å²) in [5.41, 5.74) is 1.02. The molecule has 3 nitrogen and oxygen atoms in total. The zero-order chi connectivity index (χ0) is 13.9. The summed E-state index contributed by atoms with van der Waals surface area (Å²) in [6.07, 6.45) is 0.731. The molecule has 0 saturated carbocycles. The Morgan fingerprint density at radius 2 is 1.89 bits per heavy atom. The highest BCUT2D eigenvalue weighted by Gasteiger charge is 2.16. The molecule has 0 heterocycles. The van der Waals surface area contributed by atoms with Crippen molar-refractivity contribution in [2.45, 2.75) is 18.2 Å². The van der Waals surface area contributed by atoms with Crippen molar-refractivity contribution in [3.8, 4) is 5.75 Å². The molecular weight excluding hydrogens is 407 g/mol. The molecule has 7 heteroatoms. The van der Waals surface area contributed by atoms with E-state index in [0.29, 0.717) is 21.3 Å². The molecule has 0 fully saturated rings. The standard InChI is InChI=1S/C11H11Br2ClO3S/c1-7(2)3-4-17-11-9(12)5-8(6-10(11)13)18(14,15)16/h5-6H,1,3-4H2,2H3. The first-order valence-electron chi connectivity index (χ1n) is 4.92. The summed E-state index contributed by atoms with van der Waals surface area (Å²) < 4.78 is 29.1. The van der Waals surface area contributed by atoms with Gasteiger partial charge in [0, 0.05) is 17.1 Å². The van der Waals surface area contributed by atoms with Gasteiger partial charge in [-0.15, -0.1) is 6.58 Å². The molecular formula is C11H11Br2ClO3S. The second-order valence-electron chi connectivity index (χ2n) is 3.71. The van der Waals surface area contributed by atoms with Crippen molar-refractivity contribution in [1.82, 2.24) is 0 Å². The van der Waals surface area contributed by atoms with Crippen molar-refractivity contribution in [3.05, 3.63) is 33.2 Å². The van der Waals surface area contributed by atoms with E-state index >= 15 is 0 Å². The fraction of sp³-hybridized carbons (Fsp3) is 0.273. The van der Waals surface area contributed by atoms with Crippen LogP contribution in [0.15, 0.2) is 38.1 Å². The van der Waals surface area contributed by atoms with Gasteiger partial charge in [0.1, 0.15) is 5.75 Å². The minimum Gasteiger partial charge on any atom is -0.491 e. The highest BCUT2D eigenvalue weighted by Crippen LogP contribution is 2.37. The number of hydrogen-bond donors (Lipinski definition) is 0. The zero-order valence-electron chi connectivity index (χ0n) is 9.54. The molecule has 0 bridgehead atoms. The summed E-state index contributed by atoms with van der Waals surface area (Å²) >= 11 is 6.51. The molecule has 1 aromatic rings. The van der Waals surface area contributed by atoms with E-state index in [2.05, 4.69) is 38.4 Å². The van der Waals surface area contributed by atoms with Gasteiger partial charge < -0.3 is 4.74 Å². The first-order valence-corrected chi connectivity index (χ1v) is 8.82. The average Bonchev–Trinajstić information content (AvgIpc) is 2.20. The fourth-order valence-electron chi connectivity index (χ4n) is 1.14. The molecule has 0 aliphatic rings. The minimum atomic E-state index is -3.76. The van der Waals surface area contributed by atoms with E-state index in [-0.39, 0.29) is 4.90 Å². The third kappa shape index (κ3) is 4.57. The van der Waals surface area contributed by atoms with Gasteiger partial charge in [-0.3, -0.25) is 0 Å². The monoisotopic (exact) mass is 416 g/mol. The summed E-state index contributed by atoms with van der Waals surface area (Å²) in [5.74, 6) is 0.542. The molecule has 0 aliphatic heterocycles. The quantitative estimate of drug-likeness (QED) is 0.523. The van der Waals surface area contributed by atoms with E-state index in [0.717, 1.165) is 12.0 Å². The van der Waals surface area contributed by atoms with E-state index in [1.165, 1.54) is 12.1 Å².